The maximum atomic E-state index is 11.5. The molecule has 5 N–H and O–H groups in total. The van der Waals surface area contributed by atoms with Crippen LogP contribution < -0.4 is 11.1 Å². The summed E-state index contributed by atoms with van der Waals surface area (Å²) in [5.74, 6) is 0.401. The van der Waals surface area contributed by atoms with Crippen LogP contribution in [0.4, 0.5) is 0 Å². The van der Waals surface area contributed by atoms with Crippen LogP contribution in [-0.4, -0.2) is 41.4 Å². The smallest absolute Gasteiger partial charge is 0.220 e. The van der Waals surface area contributed by atoms with Gasteiger partial charge in [-0.15, -0.1) is 0 Å². The maximum absolute atomic E-state index is 11.5. The molecule has 5 nitrogen and oxygen atoms in total. The van der Waals surface area contributed by atoms with Crippen LogP contribution in [0.3, 0.4) is 0 Å². The van der Waals surface area contributed by atoms with Gasteiger partial charge in [-0.2, -0.15) is 0 Å². The molecule has 0 aromatic heterocycles. The minimum atomic E-state index is -1.24. The highest BCUT2D eigenvalue weighted by molar-refractivity contribution is 5.75. The maximum Gasteiger partial charge on any atom is 0.220 e. The first-order chi connectivity index (χ1) is 7.95. The Kier molecular flexibility index (Phi) is 8.12. The Morgan fingerprint density at radius 2 is 2.12 bits per heavy atom. The molecule has 0 aliphatic carbocycles. The topological polar surface area (TPSA) is 95.6 Å². The fourth-order valence-electron chi connectivity index (χ4n) is 1.56. The molecule has 17 heavy (non-hydrogen) atoms. The van der Waals surface area contributed by atoms with E-state index < -0.39 is 5.60 Å². The van der Waals surface area contributed by atoms with Crippen molar-refractivity contribution in [3.05, 3.63) is 0 Å². The normalized spacial score (nSPS) is 16.3. The van der Waals surface area contributed by atoms with Crippen molar-refractivity contribution in [2.24, 2.45) is 11.7 Å². The summed E-state index contributed by atoms with van der Waals surface area (Å²) in [5, 5.41) is 20.9. The zero-order chi connectivity index (χ0) is 13.3. The summed E-state index contributed by atoms with van der Waals surface area (Å²) in [4.78, 5) is 11.5. The van der Waals surface area contributed by atoms with Crippen LogP contribution in [0.1, 0.15) is 39.5 Å². The number of carbonyl (C=O) groups is 1. The van der Waals surface area contributed by atoms with Crippen LogP contribution in [0.15, 0.2) is 0 Å². The predicted molar refractivity (Wildman–Crippen MR) is 67.4 cm³/mol. The second-order valence-electron chi connectivity index (χ2n) is 4.82. The van der Waals surface area contributed by atoms with E-state index in [4.69, 9.17) is 10.8 Å². The molecule has 102 valence electrons. The summed E-state index contributed by atoms with van der Waals surface area (Å²) in [5.41, 5.74) is 4.24. The molecule has 0 bridgehead atoms. The lowest BCUT2D eigenvalue weighted by Crippen LogP contribution is -2.43. The van der Waals surface area contributed by atoms with E-state index in [-0.39, 0.29) is 19.1 Å². The van der Waals surface area contributed by atoms with Gasteiger partial charge in [0.15, 0.2) is 0 Å². The van der Waals surface area contributed by atoms with Crippen LogP contribution >= 0.6 is 0 Å². The Hall–Kier alpha value is -0.650. The van der Waals surface area contributed by atoms with Crippen molar-refractivity contribution < 1.29 is 15.0 Å². The highest BCUT2D eigenvalue weighted by Crippen LogP contribution is 2.14. The molecule has 0 aromatic rings. The van der Waals surface area contributed by atoms with Crippen LogP contribution in [0.25, 0.3) is 0 Å². The number of aliphatic hydroxyl groups excluding tert-OH is 1. The molecule has 0 saturated carbocycles. The van der Waals surface area contributed by atoms with Crippen molar-refractivity contribution in [1.29, 1.82) is 0 Å². The molecule has 2 atom stereocenters. The number of nitrogens with two attached hydrogens (primary N) is 1. The van der Waals surface area contributed by atoms with Crippen LogP contribution in [0.5, 0.6) is 0 Å². The van der Waals surface area contributed by atoms with Crippen LogP contribution in [0, 0.1) is 5.92 Å². The molecular weight excluding hydrogens is 220 g/mol. The molecule has 0 saturated heterocycles. The molecule has 5 heteroatoms. The first-order valence-corrected chi connectivity index (χ1v) is 6.25. The van der Waals surface area contributed by atoms with Crippen molar-refractivity contribution in [2.75, 3.05) is 19.7 Å². The van der Waals surface area contributed by atoms with Crippen molar-refractivity contribution in [3.8, 4) is 0 Å². The molecule has 0 aliphatic rings. The summed E-state index contributed by atoms with van der Waals surface area (Å²) >= 11 is 0. The van der Waals surface area contributed by atoms with Gasteiger partial charge in [0.05, 0.1) is 6.61 Å². The lowest BCUT2D eigenvalue weighted by molar-refractivity contribution is -0.122. The average molecular weight is 246 g/mol. The first kappa shape index (κ1) is 16.4. The van der Waals surface area contributed by atoms with Gasteiger partial charge < -0.3 is 21.3 Å². The van der Waals surface area contributed by atoms with E-state index in [1.165, 1.54) is 6.92 Å². The number of aliphatic hydroxyl groups is 2. The number of carbonyl (C=O) groups excluding carboxylic acids is 1. The fraction of sp³-hybridized carbons (Fsp3) is 0.917. The third-order valence-electron chi connectivity index (χ3n) is 2.94. The molecule has 0 rings (SSSR count). The van der Waals surface area contributed by atoms with E-state index in [0.29, 0.717) is 18.9 Å². The number of hydrogen-bond donors (Lipinski definition) is 4. The molecule has 1 amide bonds. The van der Waals surface area contributed by atoms with E-state index in [1.807, 2.05) is 0 Å². The minimum absolute atomic E-state index is 0.0794. The molecule has 0 aromatic carbocycles. The monoisotopic (exact) mass is 246 g/mol. The molecule has 0 heterocycles. The number of hydrogen-bond acceptors (Lipinski definition) is 4. The van der Waals surface area contributed by atoms with Gasteiger partial charge in [0.1, 0.15) is 5.60 Å². The SMILES string of the molecule is CCC(CCN)CCC(=O)NCC(C)(O)CO. The zero-order valence-corrected chi connectivity index (χ0v) is 10.9. The Labute approximate surface area is 103 Å². The van der Waals surface area contributed by atoms with E-state index in [0.717, 1.165) is 19.3 Å². The largest absolute Gasteiger partial charge is 0.393 e. The molecule has 2 unspecified atom stereocenters. The number of nitrogens with one attached hydrogen (secondary N) is 1. The molecule has 0 fully saturated rings. The minimum Gasteiger partial charge on any atom is -0.393 e. The Morgan fingerprint density at radius 1 is 1.47 bits per heavy atom. The van der Waals surface area contributed by atoms with Crippen molar-refractivity contribution in [1.82, 2.24) is 5.32 Å². The zero-order valence-electron chi connectivity index (χ0n) is 10.9. The summed E-state index contributed by atoms with van der Waals surface area (Å²) in [6.07, 6.45) is 3.23. The standard InChI is InChI=1S/C12H26N2O3/c1-3-10(6-7-13)4-5-11(16)14-8-12(2,17)9-15/h10,15,17H,3-9,13H2,1-2H3,(H,14,16). The molecule has 0 spiro atoms. The number of amides is 1. The van der Waals surface area contributed by atoms with Gasteiger partial charge in [0.2, 0.25) is 5.91 Å². The van der Waals surface area contributed by atoms with Gasteiger partial charge >= 0.3 is 0 Å². The second kappa shape index (κ2) is 8.44. The third-order valence-corrected chi connectivity index (χ3v) is 2.94. The first-order valence-electron chi connectivity index (χ1n) is 6.25. The molecule has 0 aliphatic heterocycles. The highest BCUT2D eigenvalue weighted by atomic mass is 16.3. The van der Waals surface area contributed by atoms with Gasteiger partial charge in [0.25, 0.3) is 0 Å². The van der Waals surface area contributed by atoms with Crippen LogP contribution in [0.2, 0.25) is 0 Å². The summed E-state index contributed by atoms with van der Waals surface area (Å²) in [6.45, 7) is 3.94. The third kappa shape index (κ3) is 8.12. The summed E-state index contributed by atoms with van der Waals surface area (Å²) in [7, 11) is 0. The predicted octanol–water partition coefficient (Wildman–Crippen LogP) is 0.00110. The lowest BCUT2D eigenvalue weighted by Gasteiger charge is -2.21. The average Bonchev–Trinajstić information content (AvgIpc) is 2.32. The van der Waals surface area contributed by atoms with Gasteiger partial charge in [-0.05, 0) is 32.2 Å². The van der Waals surface area contributed by atoms with Gasteiger partial charge in [0, 0.05) is 13.0 Å². The Bertz CT molecular complexity index is 220. The van der Waals surface area contributed by atoms with E-state index in [2.05, 4.69) is 12.2 Å². The number of rotatable bonds is 9. The van der Waals surface area contributed by atoms with Crippen LogP contribution in [-0.2, 0) is 4.79 Å². The fourth-order valence-corrected chi connectivity index (χ4v) is 1.56. The van der Waals surface area contributed by atoms with Gasteiger partial charge in [-0.1, -0.05) is 13.3 Å². The highest BCUT2D eigenvalue weighted by Gasteiger charge is 2.19. The second-order valence-corrected chi connectivity index (χ2v) is 4.82. The quantitative estimate of drug-likeness (QED) is 0.460. The van der Waals surface area contributed by atoms with Crippen molar-refractivity contribution in [2.45, 2.75) is 45.1 Å². The summed E-state index contributed by atoms with van der Waals surface area (Å²) < 4.78 is 0. The van der Waals surface area contributed by atoms with Gasteiger partial charge in [-0.25, -0.2) is 0 Å². The molecule has 0 radical (unpaired) electrons. The Morgan fingerprint density at radius 3 is 2.59 bits per heavy atom. The van der Waals surface area contributed by atoms with Gasteiger partial charge in [-0.3, -0.25) is 4.79 Å². The Balaban J connectivity index is 3.79. The summed E-state index contributed by atoms with van der Waals surface area (Å²) in [6, 6.07) is 0. The molecular formula is C12H26N2O3. The lowest BCUT2D eigenvalue weighted by atomic mass is 9.96. The van der Waals surface area contributed by atoms with E-state index >= 15 is 0 Å². The van der Waals surface area contributed by atoms with E-state index in [9.17, 15) is 9.90 Å². The van der Waals surface area contributed by atoms with Crippen molar-refractivity contribution >= 4 is 5.91 Å². The van der Waals surface area contributed by atoms with E-state index in [1.54, 1.807) is 0 Å². The van der Waals surface area contributed by atoms with Crippen molar-refractivity contribution in [3.63, 3.8) is 0 Å².